The number of benzene rings is 1. The van der Waals surface area contributed by atoms with Gasteiger partial charge in [-0.1, -0.05) is 34.4 Å². The van der Waals surface area contributed by atoms with Crippen LogP contribution in [0.2, 0.25) is 10.0 Å². The van der Waals surface area contributed by atoms with Crippen molar-refractivity contribution in [1.29, 1.82) is 0 Å². The van der Waals surface area contributed by atoms with Gasteiger partial charge in [0, 0.05) is 13.2 Å². The zero-order chi connectivity index (χ0) is 13.9. The molecule has 1 fully saturated rings. The average Bonchev–Trinajstić information content (AvgIpc) is 3.09. The largest absolute Gasteiger partial charge is 0.405 e. The summed E-state index contributed by atoms with van der Waals surface area (Å²) in [7, 11) is 0. The Balaban J connectivity index is 1.61. The zero-order valence-corrected chi connectivity index (χ0v) is 12.1. The maximum absolute atomic E-state index is 5.96. The van der Waals surface area contributed by atoms with E-state index in [-0.39, 0.29) is 6.10 Å². The van der Waals surface area contributed by atoms with Crippen LogP contribution in [0.15, 0.2) is 22.6 Å². The van der Waals surface area contributed by atoms with E-state index in [1.54, 1.807) is 12.1 Å². The molecule has 1 N–H and O–H groups in total. The Kier molecular flexibility index (Phi) is 4.10. The summed E-state index contributed by atoms with van der Waals surface area (Å²) in [5.41, 5.74) is 0.983. The quantitative estimate of drug-likeness (QED) is 0.929. The molecular formula is C13H13Cl2N3O2. The predicted molar refractivity (Wildman–Crippen MR) is 76.0 cm³/mol. The summed E-state index contributed by atoms with van der Waals surface area (Å²) in [5, 5.41) is 12.1. The first-order chi connectivity index (χ1) is 9.72. The van der Waals surface area contributed by atoms with Crippen molar-refractivity contribution in [3.8, 4) is 0 Å². The van der Waals surface area contributed by atoms with Crippen molar-refractivity contribution < 1.29 is 9.15 Å². The monoisotopic (exact) mass is 313 g/mol. The second kappa shape index (κ2) is 5.99. The third kappa shape index (κ3) is 3.06. The molecule has 1 aliphatic rings. The lowest BCUT2D eigenvalue weighted by molar-refractivity contribution is 0.0897. The van der Waals surface area contributed by atoms with Gasteiger partial charge in [-0.05, 0) is 30.5 Å². The van der Waals surface area contributed by atoms with E-state index in [0.717, 1.165) is 25.0 Å². The Morgan fingerprint density at radius 1 is 1.25 bits per heavy atom. The molecule has 20 heavy (non-hydrogen) atoms. The standard InChI is InChI=1S/C13H13Cl2N3O2/c14-9-4-3-8(6-10(9)15)7-16-13-18-17-12(20-13)11-2-1-5-19-11/h3-4,6,11H,1-2,5,7H2,(H,16,18)/t11-/m1/s1. The second-order valence-electron chi connectivity index (χ2n) is 4.55. The molecule has 0 bridgehead atoms. The van der Waals surface area contributed by atoms with E-state index in [2.05, 4.69) is 15.5 Å². The summed E-state index contributed by atoms with van der Waals surface area (Å²) in [4.78, 5) is 0. The summed E-state index contributed by atoms with van der Waals surface area (Å²) < 4.78 is 11.0. The molecule has 106 valence electrons. The van der Waals surface area contributed by atoms with Crippen molar-refractivity contribution in [2.75, 3.05) is 11.9 Å². The first-order valence-electron chi connectivity index (χ1n) is 6.35. The maximum atomic E-state index is 5.96. The molecule has 5 nitrogen and oxygen atoms in total. The van der Waals surface area contributed by atoms with Crippen LogP contribution in [0.1, 0.15) is 30.4 Å². The highest BCUT2D eigenvalue weighted by Crippen LogP contribution is 2.28. The Morgan fingerprint density at radius 2 is 2.15 bits per heavy atom. The number of rotatable bonds is 4. The zero-order valence-electron chi connectivity index (χ0n) is 10.6. The van der Waals surface area contributed by atoms with Crippen molar-refractivity contribution in [3.63, 3.8) is 0 Å². The summed E-state index contributed by atoms with van der Waals surface area (Å²) >= 11 is 11.8. The van der Waals surface area contributed by atoms with Crippen molar-refractivity contribution >= 4 is 29.2 Å². The number of nitrogens with zero attached hydrogens (tertiary/aromatic N) is 2. The number of hydrogen-bond donors (Lipinski definition) is 1. The lowest BCUT2D eigenvalue weighted by Gasteiger charge is -2.04. The van der Waals surface area contributed by atoms with Crippen LogP contribution in [-0.2, 0) is 11.3 Å². The van der Waals surface area contributed by atoms with E-state index >= 15 is 0 Å². The fraction of sp³-hybridized carbons (Fsp3) is 0.385. The number of ether oxygens (including phenoxy) is 1. The molecule has 1 aromatic heterocycles. The van der Waals surface area contributed by atoms with Crippen LogP contribution in [0, 0.1) is 0 Å². The van der Waals surface area contributed by atoms with E-state index in [1.165, 1.54) is 0 Å². The van der Waals surface area contributed by atoms with Gasteiger partial charge in [-0.3, -0.25) is 0 Å². The van der Waals surface area contributed by atoms with Gasteiger partial charge in [-0.15, -0.1) is 5.10 Å². The van der Waals surface area contributed by atoms with Crippen LogP contribution >= 0.6 is 23.2 Å². The first kappa shape index (κ1) is 13.7. The van der Waals surface area contributed by atoms with Crippen molar-refractivity contribution in [3.05, 3.63) is 39.7 Å². The average molecular weight is 314 g/mol. The van der Waals surface area contributed by atoms with Gasteiger partial charge in [-0.25, -0.2) is 0 Å². The molecule has 2 aromatic rings. The number of nitrogens with one attached hydrogen (secondary N) is 1. The Morgan fingerprint density at radius 3 is 2.90 bits per heavy atom. The summed E-state index contributed by atoms with van der Waals surface area (Å²) in [6.07, 6.45) is 1.89. The summed E-state index contributed by atoms with van der Waals surface area (Å²) in [6, 6.07) is 5.82. The van der Waals surface area contributed by atoms with E-state index < -0.39 is 0 Å². The minimum absolute atomic E-state index is 0.0666. The molecule has 7 heteroatoms. The van der Waals surface area contributed by atoms with E-state index in [4.69, 9.17) is 32.4 Å². The lowest BCUT2D eigenvalue weighted by Crippen LogP contribution is -1.99. The minimum Gasteiger partial charge on any atom is -0.405 e. The molecular weight excluding hydrogens is 301 g/mol. The van der Waals surface area contributed by atoms with Crippen LogP contribution in [0.3, 0.4) is 0 Å². The van der Waals surface area contributed by atoms with Crippen molar-refractivity contribution in [2.24, 2.45) is 0 Å². The van der Waals surface area contributed by atoms with Crippen LogP contribution in [-0.4, -0.2) is 16.8 Å². The molecule has 0 aliphatic carbocycles. The molecule has 0 saturated carbocycles. The van der Waals surface area contributed by atoms with E-state index in [9.17, 15) is 0 Å². The molecule has 1 atom stereocenters. The first-order valence-corrected chi connectivity index (χ1v) is 7.11. The molecule has 1 aromatic carbocycles. The molecule has 2 heterocycles. The van der Waals surface area contributed by atoms with E-state index in [0.29, 0.717) is 28.5 Å². The van der Waals surface area contributed by atoms with E-state index in [1.807, 2.05) is 6.07 Å². The number of anilines is 1. The van der Waals surface area contributed by atoms with Gasteiger partial charge >= 0.3 is 6.01 Å². The molecule has 1 saturated heterocycles. The molecule has 0 radical (unpaired) electrons. The Bertz CT molecular complexity index is 597. The van der Waals surface area contributed by atoms with Crippen LogP contribution in [0.4, 0.5) is 6.01 Å². The Labute approximate surface area is 126 Å². The van der Waals surface area contributed by atoms with Crippen molar-refractivity contribution in [2.45, 2.75) is 25.5 Å². The fourth-order valence-corrected chi connectivity index (χ4v) is 2.36. The molecule has 0 amide bonds. The van der Waals surface area contributed by atoms with Gasteiger partial charge in [0.15, 0.2) is 0 Å². The second-order valence-corrected chi connectivity index (χ2v) is 5.36. The Hall–Kier alpha value is -1.30. The smallest absolute Gasteiger partial charge is 0.315 e. The van der Waals surface area contributed by atoms with Gasteiger partial charge in [0.1, 0.15) is 6.10 Å². The number of hydrogen-bond acceptors (Lipinski definition) is 5. The molecule has 0 unspecified atom stereocenters. The highest BCUT2D eigenvalue weighted by Gasteiger charge is 2.23. The third-order valence-electron chi connectivity index (χ3n) is 3.07. The van der Waals surface area contributed by atoms with Gasteiger partial charge in [0.25, 0.3) is 0 Å². The van der Waals surface area contributed by atoms with Gasteiger partial charge in [-0.2, -0.15) is 0 Å². The number of halogens is 2. The molecule has 3 rings (SSSR count). The molecule has 1 aliphatic heterocycles. The predicted octanol–water partition coefficient (Wildman–Crippen LogP) is 3.84. The topological polar surface area (TPSA) is 60.2 Å². The number of aromatic nitrogens is 2. The van der Waals surface area contributed by atoms with Crippen molar-refractivity contribution in [1.82, 2.24) is 10.2 Å². The van der Waals surface area contributed by atoms with Crippen LogP contribution in [0.5, 0.6) is 0 Å². The summed E-state index contributed by atoms with van der Waals surface area (Å²) in [5.74, 6) is 0.527. The van der Waals surface area contributed by atoms with Gasteiger partial charge < -0.3 is 14.5 Å². The fourth-order valence-electron chi connectivity index (χ4n) is 2.04. The maximum Gasteiger partial charge on any atom is 0.315 e. The molecule has 0 spiro atoms. The normalized spacial score (nSPS) is 18.4. The highest BCUT2D eigenvalue weighted by atomic mass is 35.5. The third-order valence-corrected chi connectivity index (χ3v) is 3.81. The van der Waals surface area contributed by atoms with Crippen LogP contribution < -0.4 is 5.32 Å². The summed E-state index contributed by atoms with van der Waals surface area (Å²) in [6.45, 7) is 1.28. The van der Waals surface area contributed by atoms with Crippen LogP contribution in [0.25, 0.3) is 0 Å². The van der Waals surface area contributed by atoms with Gasteiger partial charge in [0.2, 0.25) is 5.89 Å². The highest BCUT2D eigenvalue weighted by molar-refractivity contribution is 6.42. The lowest BCUT2D eigenvalue weighted by atomic mass is 10.2. The van der Waals surface area contributed by atoms with Gasteiger partial charge in [0.05, 0.1) is 10.0 Å². The SMILES string of the molecule is Clc1ccc(CNc2nnc([C@H]3CCCO3)o2)cc1Cl. The minimum atomic E-state index is -0.0666.